The van der Waals surface area contributed by atoms with Crippen molar-refractivity contribution in [3.05, 3.63) is 38.8 Å². The normalized spacial score (nSPS) is 18.3. The van der Waals surface area contributed by atoms with Gasteiger partial charge in [0.15, 0.2) is 0 Å². The molecule has 1 amide bonds. The van der Waals surface area contributed by atoms with Crippen molar-refractivity contribution in [2.75, 3.05) is 18.5 Å². The minimum absolute atomic E-state index is 0.0568. The molecule has 0 saturated heterocycles. The zero-order valence-corrected chi connectivity index (χ0v) is 19.3. The van der Waals surface area contributed by atoms with E-state index < -0.39 is 42.2 Å². The van der Waals surface area contributed by atoms with Crippen LogP contribution in [0, 0.1) is 5.82 Å². The first-order valence-electron chi connectivity index (χ1n) is 12.2. The highest BCUT2D eigenvalue weighted by molar-refractivity contribution is 5.83. The number of aliphatic hydroxyl groups is 2. The molecule has 1 aromatic carbocycles. The van der Waals surface area contributed by atoms with Crippen LogP contribution in [0.3, 0.4) is 0 Å². The predicted molar refractivity (Wildman–Crippen MR) is 127 cm³/mol. The number of hydrogen-bond donors (Lipinski definition) is 4. The molecule has 2 aliphatic carbocycles. The lowest BCUT2D eigenvalue weighted by Gasteiger charge is -2.25. The largest absolute Gasteiger partial charge is 0.394 e. The van der Waals surface area contributed by atoms with Crippen molar-refractivity contribution in [3.8, 4) is 0 Å². The van der Waals surface area contributed by atoms with Gasteiger partial charge in [0.05, 0.1) is 29.3 Å². The molecule has 0 bridgehead atoms. The first-order chi connectivity index (χ1) is 16.4. The van der Waals surface area contributed by atoms with Crippen molar-refractivity contribution >= 4 is 22.5 Å². The molecular weight excluding hydrogens is 443 g/mol. The second-order valence-electron chi connectivity index (χ2n) is 9.45. The smallest absolute Gasteiger partial charge is 0.332 e. The Morgan fingerprint density at radius 1 is 1.09 bits per heavy atom. The molecule has 1 heterocycles. The maximum absolute atomic E-state index is 15.1. The van der Waals surface area contributed by atoms with E-state index in [1.54, 1.807) is 10.6 Å². The van der Waals surface area contributed by atoms with Crippen molar-refractivity contribution in [3.63, 3.8) is 0 Å². The Hall–Kier alpha value is -2.72. The topological polar surface area (TPSA) is 126 Å². The van der Waals surface area contributed by atoms with Crippen LogP contribution in [0.2, 0.25) is 0 Å². The number of nitrogens with zero attached hydrogens (tertiary/aromatic N) is 2. The minimum Gasteiger partial charge on any atom is -0.394 e. The molecule has 2 aromatic rings. The van der Waals surface area contributed by atoms with E-state index in [1.807, 2.05) is 0 Å². The fourth-order valence-electron chi connectivity index (χ4n) is 5.13. The van der Waals surface area contributed by atoms with Crippen LogP contribution >= 0.6 is 0 Å². The Bertz CT molecular complexity index is 1150. The third kappa shape index (κ3) is 5.17. The molecule has 4 N–H and O–H groups in total. The maximum atomic E-state index is 15.1. The van der Waals surface area contributed by atoms with Gasteiger partial charge in [-0.2, -0.15) is 0 Å². The van der Waals surface area contributed by atoms with Gasteiger partial charge in [-0.05, 0) is 37.8 Å². The summed E-state index contributed by atoms with van der Waals surface area (Å²) >= 11 is 0. The van der Waals surface area contributed by atoms with Gasteiger partial charge >= 0.3 is 5.69 Å². The van der Waals surface area contributed by atoms with Crippen molar-refractivity contribution in [2.45, 2.75) is 82.5 Å². The summed E-state index contributed by atoms with van der Waals surface area (Å²) in [5, 5.41) is 24.1. The Balaban J connectivity index is 1.75. The molecule has 2 aliphatic rings. The third-order valence-electron chi connectivity index (χ3n) is 6.96. The van der Waals surface area contributed by atoms with Gasteiger partial charge in [0.25, 0.3) is 5.56 Å². The minimum atomic E-state index is -1.14. The number of carbonyl (C=O) groups is 1. The van der Waals surface area contributed by atoms with E-state index in [2.05, 4.69) is 10.6 Å². The van der Waals surface area contributed by atoms with Crippen LogP contribution in [-0.2, 0) is 11.3 Å². The monoisotopic (exact) mass is 476 g/mol. The molecule has 9 nitrogen and oxygen atoms in total. The van der Waals surface area contributed by atoms with Crippen LogP contribution in [0.4, 0.5) is 10.1 Å². The summed E-state index contributed by atoms with van der Waals surface area (Å²) in [7, 11) is 0. The SMILES string of the molecule is O=C(Cn1c(=O)c2cc(F)c(NC3CCCCC3)cc2n(C2CCCC2)c1=O)NCC(O)CO. The van der Waals surface area contributed by atoms with E-state index in [-0.39, 0.29) is 24.0 Å². The van der Waals surface area contributed by atoms with Gasteiger partial charge in [0.2, 0.25) is 5.91 Å². The number of halogens is 1. The van der Waals surface area contributed by atoms with Gasteiger partial charge in [-0.1, -0.05) is 32.1 Å². The van der Waals surface area contributed by atoms with E-state index >= 15 is 4.39 Å². The van der Waals surface area contributed by atoms with Crippen LogP contribution in [0.15, 0.2) is 21.7 Å². The fourth-order valence-corrected chi connectivity index (χ4v) is 5.13. The highest BCUT2D eigenvalue weighted by atomic mass is 19.1. The second kappa shape index (κ2) is 10.7. The van der Waals surface area contributed by atoms with Gasteiger partial charge in [0, 0.05) is 18.6 Å². The summed E-state index contributed by atoms with van der Waals surface area (Å²) < 4.78 is 17.5. The average Bonchev–Trinajstić information content (AvgIpc) is 3.36. The van der Waals surface area contributed by atoms with Crippen molar-refractivity contribution < 1.29 is 19.4 Å². The van der Waals surface area contributed by atoms with E-state index in [9.17, 15) is 19.5 Å². The molecule has 4 rings (SSSR count). The zero-order valence-electron chi connectivity index (χ0n) is 19.3. The molecule has 2 fully saturated rings. The highest BCUT2D eigenvalue weighted by Gasteiger charge is 2.25. The Morgan fingerprint density at radius 2 is 1.76 bits per heavy atom. The molecular formula is C24H33FN4O5. The van der Waals surface area contributed by atoms with Gasteiger partial charge in [-0.25, -0.2) is 9.18 Å². The lowest BCUT2D eigenvalue weighted by Crippen LogP contribution is -2.45. The number of rotatable bonds is 8. The predicted octanol–water partition coefficient (Wildman–Crippen LogP) is 1.63. The summed E-state index contributed by atoms with van der Waals surface area (Å²) in [5.41, 5.74) is -0.653. The number of hydrogen-bond acceptors (Lipinski definition) is 6. The second-order valence-corrected chi connectivity index (χ2v) is 9.45. The molecule has 0 aliphatic heterocycles. The molecule has 0 spiro atoms. The lowest BCUT2D eigenvalue weighted by atomic mass is 9.95. The maximum Gasteiger partial charge on any atom is 0.332 e. The molecule has 2 saturated carbocycles. The number of carbonyl (C=O) groups excluding carboxylic acids is 1. The van der Waals surface area contributed by atoms with Crippen LogP contribution in [0.1, 0.15) is 63.8 Å². The van der Waals surface area contributed by atoms with Crippen LogP contribution in [0.5, 0.6) is 0 Å². The molecule has 1 unspecified atom stereocenters. The Kier molecular flexibility index (Phi) is 7.67. The third-order valence-corrected chi connectivity index (χ3v) is 6.96. The first-order valence-corrected chi connectivity index (χ1v) is 12.2. The van der Waals surface area contributed by atoms with Crippen LogP contribution in [0.25, 0.3) is 10.9 Å². The summed E-state index contributed by atoms with van der Waals surface area (Å²) in [6.07, 6.45) is 7.54. The molecule has 1 atom stereocenters. The number of aliphatic hydroxyl groups excluding tert-OH is 2. The number of nitrogens with one attached hydrogen (secondary N) is 2. The van der Waals surface area contributed by atoms with E-state index in [4.69, 9.17) is 5.11 Å². The number of amides is 1. The van der Waals surface area contributed by atoms with Crippen molar-refractivity contribution in [1.82, 2.24) is 14.5 Å². The van der Waals surface area contributed by atoms with Crippen molar-refractivity contribution in [1.29, 1.82) is 0 Å². The van der Waals surface area contributed by atoms with E-state index in [1.165, 1.54) is 6.42 Å². The lowest BCUT2D eigenvalue weighted by molar-refractivity contribution is -0.122. The van der Waals surface area contributed by atoms with Gasteiger partial charge in [-0.3, -0.25) is 18.7 Å². The number of fused-ring (bicyclic) bond motifs is 1. The summed E-state index contributed by atoms with van der Waals surface area (Å²) in [6, 6.07) is 2.76. The quantitative estimate of drug-likeness (QED) is 0.459. The summed E-state index contributed by atoms with van der Waals surface area (Å²) in [6.45, 7) is -1.29. The standard InChI is InChI=1S/C24H33FN4O5/c25-19-10-18-21(11-20(19)27-15-6-2-1-3-7-15)29(16-8-4-5-9-16)24(34)28(23(18)33)13-22(32)26-12-17(31)14-30/h10-11,15-17,27,30-31H,1-9,12-14H2,(H,26,32). The summed E-state index contributed by atoms with van der Waals surface area (Å²) in [4.78, 5) is 39.0. The van der Waals surface area contributed by atoms with Crippen molar-refractivity contribution in [2.24, 2.45) is 0 Å². The molecule has 34 heavy (non-hydrogen) atoms. The number of anilines is 1. The molecule has 1 aromatic heterocycles. The van der Waals surface area contributed by atoms with Gasteiger partial charge in [0.1, 0.15) is 12.4 Å². The zero-order chi connectivity index (χ0) is 24.2. The van der Waals surface area contributed by atoms with E-state index in [0.717, 1.165) is 62.0 Å². The van der Waals surface area contributed by atoms with Gasteiger partial charge < -0.3 is 20.8 Å². The van der Waals surface area contributed by atoms with Crippen LogP contribution in [-0.4, -0.2) is 50.6 Å². The van der Waals surface area contributed by atoms with Gasteiger partial charge in [-0.15, -0.1) is 0 Å². The fraction of sp³-hybridized carbons (Fsp3) is 0.625. The molecule has 10 heteroatoms. The first kappa shape index (κ1) is 24.4. The average molecular weight is 477 g/mol. The Labute approximate surface area is 196 Å². The number of benzene rings is 1. The molecule has 186 valence electrons. The summed E-state index contributed by atoms with van der Waals surface area (Å²) in [5.74, 6) is -1.21. The molecule has 0 radical (unpaired) electrons. The van der Waals surface area contributed by atoms with Crippen LogP contribution < -0.4 is 21.9 Å². The Morgan fingerprint density at radius 3 is 2.44 bits per heavy atom. The number of aromatic nitrogens is 2. The van der Waals surface area contributed by atoms with E-state index in [0.29, 0.717) is 11.2 Å². The highest BCUT2D eigenvalue weighted by Crippen LogP contribution is 2.32.